The molecule has 0 heterocycles. The predicted octanol–water partition coefficient (Wildman–Crippen LogP) is 3.76. The van der Waals surface area contributed by atoms with Gasteiger partial charge in [0.05, 0.1) is 0 Å². The van der Waals surface area contributed by atoms with Gasteiger partial charge in [0.2, 0.25) is 0 Å². The van der Waals surface area contributed by atoms with Gasteiger partial charge in [-0.15, -0.1) is 6.58 Å². The Labute approximate surface area is 95.3 Å². The van der Waals surface area contributed by atoms with Gasteiger partial charge in [0.1, 0.15) is 0 Å². The Morgan fingerprint density at radius 1 is 1.33 bits per heavy atom. The Morgan fingerprint density at radius 2 is 2.07 bits per heavy atom. The molecule has 1 aliphatic carbocycles. The van der Waals surface area contributed by atoms with Crippen molar-refractivity contribution in [3.05, 3.63) is 12.7 Å². The van der Waals surface area contributed by atoms with Crippen molar-refractivity contribution in [2.75, 3.05) is 6.54 Å². The van der Waals surface area contributed by atoms with Crippen LogP contribution in [-0.2, 0) is 0 Å². The summed E-state index contributed by atoms with van der Waals surface area (Å²) < 4.78 is 0. The minimum atomic E-state index is 0.781. The third kappa shape index (κ3) is 4.38. The molecule has 0 radical (unpaired) electrons. The predicted molar refractivity (Wildman–Crippen MR) is 68.0 cm³/mol. The van der Waals surface area contributed by atoms with E-state index in [-0.39, 0.29) is 0 Å². The SMILES string of the molecule is C=CCCCNC1CCCCC1C(C)C. The van der Waals surface area contributed by atoms with E-state index in [0.717, 1.165) is 24.3 Å². The summed E-state index contributed by atoms with van der Waals surface area (Å²) in [5.74, 6) is 1.74. The van der Waals surface area contributed by atoms with Gasteiger partial charge in [0.15, 0.2) is 0 Å². The highest BCUT2D eigenvalue weighted by molar-refractivity contribution is 4.83. The maximum Gasteiger partial charge on any atom is 0.00977 e. The fourth-order valence-corrected chi connectivity index (χ4v) is 2.74. The minimum Gasteiger partial charge on any atom is -0.314 e. The highest BCUT2D eigenvalue weighted by Gasteiger charge is 2.26. The largest absolute Gasteiger partial charge is 0.314 e. The third-order valence-electron chi connectivity index (χ3n) is 3.67. The number of hydrogen-bond acceptors (Lipinski definition) is 1. The standard InChI is InChI=1S/C14H27N/c1-4-5-8-11-15-14-10-7-6-9-13(14)12(2)3/h4,12-15H,1,5-11H2,2-3H3. The van der Waals surface area contributed by atoms with E-state index in [1.807, 2.05) is 6.08 Å². The van der Waals surface area contributed by atoms with E-state index in [4.69, 9.17) is 0 Å². The molecule has 0 amide bonds. The number of allylic oxidation sites excluding steroid dienone is 1. The molecule has 1 saturated carbocycles. The second kappa shape index (κ2) is 7.05. The van der Waals surface area contributed by atoms with E-state index in [0.29, 0.717) is 0 Å². The molecule has 0 aliphatic heterocycles. The van der Waals surface area contributed by atoms with Crippen molar-refractivity contribution in [1.29, 1.82) is 0 Å². The van der Waals surface area contributed by atoms with Crippen molar-refractivity contribution in [1.82, 2.24) is 5.32 Å². The molecule has 2 atom stereocenters. The topological polar surface area (TPSA) is 12.0 Å². The van der Waals surface area contributed by atoms with Gasteiger partial charge in [-0.3, -0.25) is 0 Å². The first-order valence-corrected chi connectivity index (χ1v) is 6.60. The van der Waals surface area contributed by atoms with Crippen LogP contribution in [-0.4, -0.2) is 12.6 Å². The first-order chi connectivity index (χ1) is 7.25. The van der Waals surface area contributed by atoms with Crippen molar-refractivity contribution in [2.24, 2.45) is 11.8 Å². The monoisotopic (exact) mass is 209 g/mol. The zero-order valence-electron chi connectivity index (χ0n) is 10.5. The maximum atomic E-state index is 3.76. The molecule has 0 saturated heterocycles. The van der Waals surface area contributed by atoms with E-state index in [1.54, 1.807) is 0 Å². The van der Waals surface area contributed by atoms with Crippen LogP contribution in [0.15, 0.2) is 12.7 Å². The Bertz CT molecular complexity index is 174. The van der Waals surface area contributed by atoms with Crippen LogP contribution >= 0.6 is 0 Å². The van der Waals surface area contributed by atoms with Crippen LogP contribution in [0.25, 0.3) is 0 Å². The minimum absolute atomic E-state index is 0.781. The van der Waals surface area contributed by atoms with E-state index >= 15 is 0 Å². The lowest BCUT2D eigenvalue weighted by Gasteiger charge is -2.35. The fraction of sp³-hybridized carbons (Fsp3) is 0.857. The molecule has 15 heavy (non-hydrogen) atoms. The van der Waals surface area contributed by atoms with Crippen LogP contribution < -0.4 is 5.32 Å². The molecular weight excluding hydrogens is 182 g/mol. The molecule has 0 aromatic rings. The number of rotatable bonds is 6. The third-order valence-corrected chi connectivity index (χ3v) is 3.67. The van der Waals surface area contributed by atoms with Gasteiger partial charge in [0.25, 0.3) is 0 Å². The number of nitrogens with one attached hydrogen (secondary N) is 1. The summed E-state index contributed by atoms with van der Waals surface area (Å²) in [4.78, 5) is 0. The highest BCUT2D eigenvalue weighted by atomic mass is 14.9. The second-order valence-corrected chi connectivity index (χ2v) is 5.18. The second-order valence-electron chi connectivity index (χ2n) is 5.18. The zero-order valence-corrected chi connectivity index (χ0v) is 10.5. The molecule has 0 aromatic heterocycles. The molecule has 1 rings (SSSR count). The van der Waals surface area contributed by atoms with Crippen molar-refractivity contribution in [2.45, 2.75) is 58.4 Å². The quantitative estimate of drug-likeness (QED) is 0.519. The van der Waals surface area contributed by atoms with Crippen LogP contribution in [0.5, 0.6) is 0 Å². The van der Waals surface area contributed by atoms with Crippen LogP contribution in [0.1, 0.15) is 52.4 Å². The average Bonchev–Trinajstić information content (AvgIpc) is 2.25. The van der Waals surface area contributed by atoms with Gasteiger partial charge in [-0.05, 0) is 44.1 Å². The molecule has 1 N–H and O–H groups in total. The average molecular weight is 209 g/mol. The Hall–Kier alpha value is -0.300. The van der Waals surface area contributed by atoms with E-state index in [1.165, 1.54) is 38.6 Å². The first-order valence-electron chi connectivity index (χ1n) is 6.60. The van der Waals surface area contributed by atoms with E-state index < -0.39 is 0 Å². The molecule has 1 aliphatic rings. The van der Waals surface area contributed by atoms with Crippen molar-refractivity contribution in [3.63, 3.8) is 0 Å². The van der Waals surface area contributed by atoms with Crippen LogP contribution in [0.3, 0.4) is 0 Å². The summed E-state index contributed by atoms with van der Waals surface area (Å²) in [7, 11) is 0. The summed E-state index contributed by atoms with van der Waals surface area (Å²) in [5.41, 5.74) is 0. The summed E-state index contributed by atoms with van der Waals surface area (Å²) in [6.07, 6.45) is 10.1. The van der Waals surface area contributed by atoms with Crippen molar-refractivity contribution < 1.29 is 0 Å². The normalized spacial score (nSPS) is 26.9. The van der Waals surface area contributed by atoms with Gasteiger partial charge in [-0.2, -0.15) is 0 Å². The summed E-state index contributed by atoms with van der Waals surface area (Å²) in [6.45, 7) is 9.67. The maximum absolute atomic E-state index is 3.76. The van der Waals surface area contributed by atoms with E-state index in [9.17, 15) is 0 Å². The van der Waals surface area contributed by atoms with Crippen LogP contribution in [0.4, 0.5) is 0 Å². The van der Waals surface area contributed by atoms with Crippen LogP contribution in [0, 0.1) is 11.8 Å². The molecule has 0 spiro atoms. The van der Waals surface area contributed by atoms with Gasteiger partial charge in [-0.1, -0.05) is 32.8 Å². The summed E-state index contributed by atoms with van der Waals surface area (Å²) in [6, 6.07) is 0.781. The lowest BCUT2D eigenvalue weighted by Crippen LogP contribution is -2.41. The molecule has 1 nitrogen and oxygen atoms in total. The molecule has 88 valence electrons. The molecular formula is C14H27N. The van der Waals surface area contributed by atoms with Gasteiger partial charge < -0.3 is 5.32 Å². The van der Waals surface area contributed by atoms with Gasteiger partial charge >= 0.3 is 0 Å². The zero-order chi connectivity index (χ0) is 11.1. The van der Waals surface area contributed by atoms with Crippen molar-refractivity contribution in [3.8, 4) is 0 Å². The fourth-order valence-electron chi connectivity index (χ4n) is 2.74. The lowest BCUT2D eigenvalue weighted by molar-refractivity contribution is 0.206. The number of hydrogen-bond donors (Lipinski definition) is 1. The summed E-state index contributed by atoms with van der Waals surface area (Å²) in [5, 5.41) is 3.74. The van der Waals surface area contributed by atoms with E-state index in [2.05, 4.69) is 25.7 Å². The first kappa shape index (κ1) is 12.8. The van der Waals surface area contributed by atoms with Crippen LogP contribution in [0.2, 0.25) is 0 Å². The van der Waals surface area contributed by atoms with Gasteiger partial charge in [-0.25, -0.2) is 0 Å². The van der Waals surface area contributed by atoms with Gasteiger partial charge in [0, 0.05) is 6.04 Å². The molecule has 1 heteroatoms. The lowest BCUT2D eigenvalue weighted by atomic mass is 9.78. The Morgan fingerprint density at radius 3 is 2.73 bits per heavy atom. The van der Waals surface area contributed by atoms with Crippen molar-refractivity contribution >= 4 is 0 Å². The molecule has 2 unspecified atom stereocenters. The Kier molecular flexibility index (Phi) is 6.00. The highest BCUT2D eigenvalue weighted by Crippen LogP contribution is 2.30. The molecule has 0 aromatic carbocycles. The molecule has 1 fully saturated rings. The Balaban J connectivity index is 2.26. The smallest absolute Gasteiger partial charge is 0.00977 e. The molecule has 0 bridgehead atoms. The summed E-state index contributed by atoms with van der Waals surface area (Å²) >= 11 is 0. The number of unbranched alkanes of at least 4 members (excludes halogenated alkanes) is 1.